The minimum Gasteiger partial charge on any atom is -0.468 e. The summed E-state index contributed by atoms with van der Waals surface area (Å²) in [6, 6.07) is 7.35. The standard InChI is InChI=1S/C16H19NO4/c1-11-4-3-5-12(10-11)15(19)17-8-6-13(16(20)21-2)14(18)7-9-17/h3-5,10,13H,6-9H2,1-2H3. The van der Waals surface area contributed by atoms with Gasteiger partial charge in [-0.2, -0.15) is 0 Å². The van der Waals surface area contributed by atoms with Crippen molar-refractivity contribution in [3.8, 4) is 0 Å². The van der Waals surface area contributed by atoms with Crippen molar-refractivity contribution in [1.82, 2.24) is 4.90 Å². The molecule has 0 saturated carbocycles. The first kappa shape index (κ1) is 15.2. The molecule has 1 unspecified atom stereocenters. The molecule has 5 nitrogen and oxygen atoms in total. The van der Waals surface area contributed by atoms with Crippen LogP contribution in [0, 0.1) is 12.8 Å². The third-order valence-corrected chi connectivity index (χ3v) is 3.74. The third kappa shape index (κ3) is 3.48. The Morgan fingerprint density at radius 2 is 2.05 bits per heavy atom. The summed E-state index contributed by atoms with van der Waals surface area (Å²) in [6.07, 6.45) is 0.514. The summed E-state index contributed by atoms with van der Waals surface area (Å²) in [5, 5.41) is 0. The minimum absolute atomic E-state index is 0.1000. The topological polar surface area (TPSA) is 63.7 Å². The molecule has 112 valence electrons. The number of aryl methyl sites for hydroxylation is 1. The highest BCUT2D eigenvalue weighted by molar-refractivity contribution is 6.00. The van der Waals surface area contributed by atoms with Crippen LogP contribution < -0.4 is 0 Å². The summed E-state index contributed by atoms with van der Waals surface area (Å²) in [7, 11) is 1.27. The van der Waals surface area contributed by atoms with Gasteiger partial charge < -0.3 is 9.64 Å². The Kier molecular flexibility index (Phi) is 4.73. The minimum atomic E-state index is -0.745. The van der Waals surface area contributed by atoms with Gasteiger partial charge in [0.2, 0.25) is 0 Å². The lowest BCUT2D eigenvalue weighted by atomic mass is 10.00. The molecule has 1 aromatic rings. The second-order valence-electron chi connectivity index (χ2n) is 5.24. The maximum atomic E-state index is 12.5. The molecule has 1 amide bonds. The van der Waals surface area contributed by atoms with Gasteiger partial charge in [0.05, 0.1) is 7.11 Å². The Labute approximate surface area is 123 Å². The summed E-state index contributed by atoms with van der Waals surface area (Å²) >= 11 is 0. The van der Waals surface area contributed by atoms with Crippen LogP contribution in [0.5, 0.6) is 0 Å². The van der Waals surface area contributed by atoms with Gasteiger partial charge in [-0.15, -0.1) is 0 Å². The van der Waals surface area contributed by atoms with E-state index in [0.29, 0.717) is 25.1 Å². The number of carbonyl (C=O) groups excluding carboxylic acids is 3. The largest absolute Gasteiger partial charge is 0.468 e. The monoisotopic (exact) mass is 289 g/mol. The predicted octanol–water partition coefficient (Wildman–Crippen LogP) is 1.59. The highest BCUT2D eigenvalue weighted by atomic mass is 16.5. The number of methoxy groups -OCH3 is 1. The molecule has 1 aliphatic rings. The first-order valence-electron chi connectivity index (χ1n) is 6.99. The van der Waals surface area contributed by atoms with E-state index in [-0.39, 0.29) is 18.1 Å². The molecule has 1 aliphatic heterocycles. The van der Waals surface area contributed by atoms with E-state index in [1.807, 2.05) is 25.1 Å². The summed E-state index contributed by atoms with van der Waals surface area (Å²) in [4.78, 5) is 37.6. The lowest BCUT2D eigenvalue weighted by Crippen LogP contribution is -2.32. The van der Waals surface area contributed by atoms with Crippen LogP contribution in [-0.2, 0) is 14.3 Å². The molecule has 1 atom stereocenters. The number of rotatable bonds is 2. The van der Waals surface area contributed by atoms with Crippen LogP contribution in [0.3, 0.4) is 0 Å². The molecule has 1 aromatic carbocycles. The van der Waals surface area contributed by atoms with Gasteiger partial charge in [0, 0.05) is 25.1 Å². The molecule has 1 fully saturated rings. The fraction of sp³-hybridized carbons (Fsp3) is 0.438. The van der Waals surface area contributed by atoms with Crippen molar-refractivity contribution in [1.29, 1.82) is 0 Å². The molecule has 1 heterocycles. The van der Waals surface area contributed by atoms with Crippen LogP contribution in [0.1, 0.15) is 28.8 Å². The molecular formula is C16H19NO4. The number of nitrogens with zero attached hydrogens (tertiary/aromatic N) is 1. The molecule has 0 spiro atoms. The van der Waals surface area contributed by atoms with Crippen molar-refractivity contribution in [2.45, 2.75) is 19.8 Å². The van der Waals surface area contributed by atoms with Gasteiger partial charge in [0.1, 0.15) is 11.7 Å². The van der Waals surface area contributed by atoms with Gasteiger partial charge in [0.25, 0.3) is 5.91 Å². The molecule has 1 saturated heterocycles. The van der Waals surface area contributed by atoms with Crippen molar-refractivity contribution in [2.75, 3.05) is 20.2 Å². The fourth-order valence-corrected chi connectivity index (χ4v) is 2.53. The molecule has 0 aromatic heterocycles. The van der Waals surface area contributed by atoms with E-state index in [9.17, 15) is 14.4 Å². The molecule has 0 bridgehead atoms. The second kappa shape index (κ2) is 6.52. The van der Waals surface area contributed by atoms with Crippen LogP contribution >= 0.6 is 0 Å². The summed E-state index contributed by atoms with van der Waals surface area (Å²) in [5.41, 5.74) is 1.62. The van der Waals surface area contributed by atoms with Crippen molar-refractivity contribution in [3.63, 3.8) is 0 Å². The fourth-order valence-electron chi connectivity index (χ4n) is 2.53. The Hall–Kier alpha value is -2.17. The summed E-state index contributed by atoms with van der Waals surface area (Å²) < 4.78 is 4.65. The van der Waals surface area contributed by atoms with Crippen LogP contribution in [0.4, 0.5) is 0 Å². The van der Waals surface area contributed by atoms with Gasteiger partial charge in [-0.3, -0.25) is 14.4 Å². The zero-order valence-electron chi connectivity index (χ0n) is 12.3. The molecule has 21 heavy (non-hydrogen) atoms. The lowest BCUT2D eigenvalue weighted by Gasteiger charge is -2.20. The van der Waals surface area contributed by atoms with Crippen LogP contribution in [-0.4, -0.2) is 42.8 Å². The van der Waals surface area contributed by atoms with Crippen LogP contribution in [0.15, 0.2) is 24.3 Å². The van der Waals surface area contributed by atoms with Crippen molar-refractivity contribution >= 4 is 17.7 Å². The van der Waals surface area contributed by atoms with E-state index in [1.165, 1.54) is 7.11 Å². The van der Waals surface area contributed by atoms with E-state index < -0.39 is 11.9 Å². The second-order valence-corrected chi connectivity index (χ2v) is 5.24. The van der Waals surface area contributed by atoms with E-state index in [1.54, 1.807) is 11.0 Å². The van der Waals surface area contributed by atoms with Gasteiger partial charge in [0.15, 0.2) is 0 Å². The Bertz CT molecular complexity index is 567. The molecule has 0 N–H and O–H groups in total. The van der Waals surface area contributed by atoms with Gasteiger partial charge in [-0.25, -0.2) is 0 Å². The molecule has 0 radical (unpaired) electrons. The molecular weight excluding hydrogens is 270 g/mol. The van der Waals surface area contributed by atoms with Crippen molar-refractivity contribution in [3.05, 3.63) is 35.4 Å². The molecule has 5 heteroatoms. The average molecular weight is 289 g/mol. The zero-order chi connectivity index (χ0) is 15.4. The first-order chi connectivity index (χ1) is 10.0. The maximum absolute atomic E-state index is 12.5. The molecule has 0 aliphatic carbocycles. The number of benzene rings is 1. The number of hydrogen-bond acceptors (Lipinski definition) is 4. The lowest BCUT2D eigenvalue weighted by molar-refractivity contribution is -0.149. The first-order valence-corrected chi connectivity index (χ1v) is 6.99. The van der Waals surface area contributed by atoms with Gasteiger partial charge in [-0.1, -0.05) is 17.7 Å². The van der Waals surface area contributed by atoms with Gasteiger partial charge in [-0.05, 0) is 25.5 Å². The maximum Gasteiger partial charge on any atom is 0.316 e. The number of carbonyl (C=O) groups is 3. The van der Waals surface area contributed by atoms with E-state index >= 15 is 0 Å². The van der Waals surface area contributed by atoms with Crippen molar-refractivity contribution < 1.29 is 19.1 Å². The number of hydrogen-bond donors (Lipinski definition) is 0. The summed E-state index contributed by atoms with van der Waals surface area (Å²) in [5.74, 6) is -1.51. The quantitative estimate of drug-likeness (QED) is 0.612. The third-order valence-electron chi connectivity index (χ3n) is 3.74. The zero-order valence-corrected chi connectivity index (χ0v) is 12.3. The highest BCUT2D eigenvalue weighted by Crippen LogP contribution is 2.18. The predicted molar refractivity (Wildman–Crippen MR) is 76.8 cm³/mol. The smallest absolute Gasteiger partial charge is 0.316 e. The highest BCUT2D eigenvalue weighted by Gasteiger charge is 2.32. The number of ether oxygens (including phenoxy) is 1. The number of ketones is 1. The Balaban J connectivity index is 2.11. The normalized spacial score (nSPS) is 19.0. The average Bonchev–Trinajstić information content (AvgIpc) is 2.68. The summed E-state index contributed by atoms with van der Waals surface area (Å²) in [6.45, 7) is 2.66. The Morgan fingerprint density at radius 3 is 2.71 bits per heavy atom. The SMILES string of the molecule is COC(=O)C1CCN(C(=O)c2cccc(C)c2)CCC1=O. The van der Waals surface area contributed by atoms with E-state index in [0.717, 1.165) is 5.56 Å². The van der Waals surface area contributed by atoms with E-state index in [2.05, 4.69) is 4.74 Å². The number of amides is 1. The number of Topliss-reactive ketones (excluding diaryl/α,β-unsaturated/α-hetero) is 1. The Morgan fingerprint density at radius 1 is 1.29 bits per heavy atom. The van der Waals surface area contributed by atoms with Gasteiger partial charge >= 0.3 is 5.97 Å². The van der Waals surface area contributed by atoms with Crippen molar-refractivity contribution in [2.24, 2.45) is 5.92 Å². The van der Waals surface area contributed by atoms with Crippen LogP contribution in [0.25, 0.3) is 0 Å². The number of likely N-dealkylation sites (tertiary alicyclic amines) is 1. The number of esters is 1. The molecule has 2 rings (SSSR count). The van der Waals surface area contributed by atoms with Crippen LogP contribution in [0.2, 0.25) is 0 Å². The van der Waals surface area contributed by atoms with E-state index in [4.69, 9.17) is 0 Å².